The van der Waals surface area contributed by atoms with Crippen LogP contribution in [0.5, 0.6) is 5.75 Å². The lowest BCUT2D eigenvalue weighted by atomic mass is 9.99. The summed E-state index contributed by atoms with van der Waals surface area (Å²) in [5.74, 6) is -1.16. The number of amides is 1. The maximum atomic E-state index is 12.7. The number of hydrogen-bond donors (Lipinski definition) is 3. The number of ether oxygens (including phenoxy) is 1. The number of halogens is 1. The zero-order chi connectivity index (χ0) is 17.2. The molecule has 1 rings (SSSR count). The van der Waals surface area contributed by atoms with Gasteiger partial charge in [-0.25, -0.2) is 4.39 Å². The summed E-state index contributed by atoms with van der Waals surface area (Å²) in [5, 5.41) is 14.5. The van der Waals surface area contributed by atoms with Gasteiger partial charge in [-0.05, 0) is 30.2 Å². The number of carboxylic acids is 1. The molecule has 0 unspecified atom stereocenters. The molecule has 0 aliphatic heterocycles. The van der Waals surface area contributed by atoms with Gasteiger partial charge < -0.3 is 15.2 Å². The van der Waals surface area contributed by atoms with E-state index in [1.807, 2.05) is 13.8 Å². The number of rotatable bonds is 10. The van der Waals surface area contributed by atoms with Gasteiger partial charge >= 0.3 is 5.97 Å². The lowest BCUT2D eigenvalue weighted by molar-refractivity contribution is -0.140. The second kappa shape index (κ2) is 9.78. The van der Waals surface area contributed by atoms with E-state index in [0.29, 0.717) is 12.2 Å². The number of benzene rings is 1. The fourth-order valence-electron chi connectivity index (χ4n) is 1.92. The molecule has 3 N–H and O–H groups in total. The third-order valence-electron chi connectivity index (χ3n) is 3.47. The van der Waals surface area contributed by atoms with Crippen molar-refractivity contribution in [2.24, 2.45) is 5.92 Å². The molecule has 0 aliphatic carbocycles. The predicted octanol–water partition coefficient (Wildman–Crippen LogP) is 1.41. The highest BCUT2D eigenvalue weighted by molar-refractivity contribution is 5.79. The van der Waals surface area contributed by atoms with Crippen molar-refractivity contribution in [3.8, 4) is 5.75 Å². The van der Waals surface area contributed by atoms with E-state index in [2.05, 4.69) is 10.6 Å². The molecule has 0 radical (unpaired) electrons. The Hall–Kier alpha value is -2.15. The summed E-state index contributed by atoms with van der Waals surface area (Å²) in [6.45, 7) is 4.16. The van der Waals surface area contributed by atoms with Crippen LogP contribution in [0.25, 0.3) is 0 Å². The van der Waals surface area contributed by atoms with E-state index in [1.165, 1.54) is 24.3 Å². The molecule has 1 aromatic carbocycles. The fourth-order valence-corrected chi connectivity index (χ4v) is 1.92. The molecule has 0 aromatic heterocycles. The molecule has 7 heteroatoms. The predicted molar refractivity (Wildman–Crippen MR) is 83.8 cm³/mol. The molecule has 1 amide bonds. The van der Waals surface area contributed by atoms with Gasteiger partial charge in [0.05, 0.1) is 13.1 Å². The first-order valence-corrected chi connectivity index (χ1v) is 7.55. The molecule has 0 aliphatic rings. The molecule has 0 bridgehead atoms. The summed E-state index contributed by atoms with van der Waals surface area (Å²) >= 11 is 0. The minimum absolute atomic E-state index is 0.0675. The molecule has 6 nitrogen and oxygen atoms in total. The number of aliphatic carboxylic acids is 1. The number of carbonyl (C=O) groups excluding carboxylic acids is 1. The quantitative estimate of drug-likeness (QED) is 0.566. The Balaban J connectivity index is 2.23. The van der Waals surface area contributed by atoms with Crippen molar-refractivity contribution in [3.63, 3.8) is 0 Å². The summed E-state index contributed by atoms with van der Waals surface area (Å²) in [4.78, 5) is 22.8. The SMILES string of the molecule is CC[C@H](C)[C@H](NCC(=O)NCCOc1ccc(F)cc1)C(=O)O. The zero-order valence-electron chi connectivity index (χ0n) is 13.3. The van der Waals surface area contributed by atoms with Crippen LogP contribution in [0.15, 0.2) is 24.3 Å². The van der Waals surface area contributed by atoms with Gasteiger partial charge in [0.25, 0.3) is 0 Å². The van der Waals surface area contributed by atoms with Crippen LogP contribution in [0, 0.1) is 11.7 Å². The second-order valence-corrected chi connectivity index (χ2v) is 5.23. The first-order chi connectivity index (χ1) is 10.9. The van der Waals surface area contributed by atoms with Crippen LogP contribution in [0.4, 0.5) is 4.39 Å². The van der Waals surface area contributed by atoms with Gasteiger partial charge in [-0.2, -0.15) is 0 Å². The van der Waals surface area contributed by atoms with Crippen molar-refractivity contribution in [3.05, 3.63) is 30.1 Å². The average molecular weight is 326 g/mol. The van der Waals surface area contributed by atoms with Crippen molar-refractivity contribution in [1.82, 2.24) is 10.6 Å². The van der Waals surface area contributed by atoms with Gasteiger partial charge in [0, 0.05) is 0 Å². The first-order valence-electron chi connectivity index (χ1n) is 7.55. The van der Waals surface area contributed by atoms with Crippen LogP contribution in [0.1, 0.15) is 20.3 Å². The second-order valence-electron chi connectivity index (χ2n) is 5.23. The van der Waals surface area contributed by atoms with E-state index in [0.717, 1.165) is 0 Å². The maximum absolute atomic E-state index is 12.7. The van der Waals surface area contributed by atoms with Gasteiger partial charge in [0.1, 0.15) is 24.2 Å². The molecule has 0 saturated carbocycles. The highest BCUT2D eigenvalue weighted by Gasteiger charge is 2.23. The Bertz CT molecular complexity index is 507. The molecule has 0 heterocycles. The third-order valence-corrected chi connectivity index (χ3v) is 3.47. The van der Waals surface area contributed by atoms with Crippen molar-refractivity contribution in [1.29, 1.82) is 0 Å². The maximum Gasteiger partial charge on any atom is 0.320 e. The van der Waals surface area contributed by atoms with Crippen LogP contribution in [0.2, 0.25) is 0 Å². The first kappa shape index (κ1) is 18.9. The van der Waals surface area contributed by atoms with Crippen molar-refractivity contribution >= 4 is 11.9 Å². The minimum atomic E-state index is -0.966. The largest absolute Gasteiger partial charge is 0.492 e. The number of nitrogens with one attached hydrogen (secondary N) is 2. The Morgan fingerprint density at radius 3 is 2.52 bits per heavy atom. The molecule has 0 saturated heterocycles. The molecule has 0 spiro atoms. The van der Waals surface area contributed by atoms with E-state index in [-0.39, 0.29) is 37.3 Å². The van der Waals surface area contributed by atoms with Crippen LogP contribution in [-0.4, -0.2) is 42.7 Å². The molecular formula is C16H23FN2O4. The van der Waals surface area contributed by atoms with Gasteiger partial charge in [-0.3, -0.25) is 14.9 Å². The highest BCUT2D eigenvalue weighted by Crippen LogP contribution is 2.10. The van der Waals surface area contributed by atoms with Gasteiger partial charge in [-0.1, -0.05) is 20.3 Å². The Morgan fingerprint density at radius 2 is 1.96 bits per heavy atom. The summed E-state index contributed by atoms with van der Waals surface area (Å²) in [6, 6.07) is 4.84. The molecular weight excluding hydrogens is 303 g/mol. The van der Waals surface area contributed by atoms with E-state index < -0.39 is 12.0 Å². The van der Waals surface area contributed by atoms with Gasteiger partial charge in [-0.15, -0.1) is 0 Å². The summed E-state index contributed by atoms with van der Waals surface area (Å²) < 4.78 is 18.0. The Labute approximate surface area is 135 Å². The molecule has 0 fully saturated rings. The summed E-state index contributed by atoms with van der Waals surface area (Å²) in [6.07, 6.45) is 0.705. The lowest BCUT2D eigenvalue weighted by Gasteiger charge is -2.19. The fraction of sp³-hybridized carbons (Fsp3) is 0.500. The van der Waals surface area contributed by atoms with E-state index in [9.17, 15) is 14.0 Å². The summed E-state index contributed by atoms with van der Waals surface area (Å²) in [5.41, 5.74) is 0. The smallest absolute Gasteiger partial charge is 0.320 e. The number of carbonyl (C=O) groups is 2. The third kappa shape index (κ3) is 7.10. The Kier molecular flexibility index (Phi) is 8.04. The van der Waals surface area contributed by atoms with Crippen molar-refractivity contribution in [2.75, 3.05) is 19.7 Å². The monoisotopic (exact) mass is 326 g/mol. The zero-order valence-corrected chi connectivity index (χ0v) is 13.3. The molecule has 128 valence electrons. The minimum Gasteiger partial charge on any atom is -0.492 e. The molecule has 1 aromatic rings. The normalized spacial score (nSPS) is 13.2. The van der Waals surface area contributed by atoms with E-state index >= 15 is 0 Å². The van der Waals surface area contributed by atoms with Crippen LogP contribution in [0.3, 0.4) is 0 Å². The summed E-state index contributed by atoms with van der Waals surface area (Å²) in [7, 11) is 0. The van der Waals surface area contributed by atoms with Gasteiger partial charge in [0.2, 0.25) is 5.91 Å². The molecule has 2 atom stereocenters. The van der Waals surface area contributed by atoms with Gasteiger partial charge in [0.15, 0.2) is 0 Å². The van der Waals surface area contributed by atoms with E-state index in [1.54, 1.807) is 0 Å². The van der Waals surface area contributed by atoms with Crippen molar-refractivity contribution in [2.45, 2.75) is 26.3 Å². The number of carboxylic acid groups (broad SMARTS) is 1. The van der Waals surface area contributed by atoms with Crippen LogP contribution >= 0.6 is 0 Å². The van der Waals surface area contributed by atoms with E-state index in [4.69, 9.17) is 9.84 Å². The number of hydrogen-bond acceptors (Lipinski definition) is 4. The topological polar surface area (TPSA) is 87.7 Å². The van der Waals surface area contributed by atoms with Crippen LogP contribution in [-0.2, 0) is 9.59 Å². The van der Waals surface area contributed by atoms with Crippen LogP contribution < -0.4 is 15.4 Å². The molecule has 23 heavy (non-hydrogen) atoms. The standard InChI is InChI=1S/C16H23FN2O4/c1-3-11(2)15(16(21)22)19-10-14(20)18-8-9-23-13-6-4-12(17)5-7-13/h4-7,11,15,19H,3,8-10H2,1-2H3,(H,18,20)(H,21,22)/t11-,15-/m0/s1. The highest BCUT2D eigenvalue weighted by atomic mass is 19.1. The van der Waals surface area contributed by atoms with Crippen molar-refractivity contribution < 1.29 is 23.8 Å². The average Bonchev–Trinajstić information content (AvgIpc) is 2.52. The Morgan fingerprint density at radius 1 is 1.30 bits per heavy atom. The lowest BCUT2D eigenvalue weighted by Crippen LogP contribution is -2.46.